The zero-order valence-corrected chi connectivity index (χ0v) is 35.6. The quantitative estimate of drug-likeness (QED) is 0.110. The molecule has 320 valence electrons. The zero-order chi connectivity index (χ0) is 42.7. The second-order valence-corrected chi connectivity index (χ2v) is 17.0. The highest BCUT2D eigenvalue weighted by Gasteiger charge is 2.39. The van der Waals surface area contributed by atoms with Crippen LogP contribution < -0.4 is 10.6 Å². The summed E-state index contributed by atoms with van der Waals surface area (Å²) in [6, 6.07) is 2.24. The van der Waals surface area contributed by atoms with Crippen molar-refractivity contribution in [3.63, 3.8) is 0 Å². The summed E-state index contributed by atoms with van der Waals surface area (Å²) >= 11 is 1.20. The van der Waals surface area contributed by atoms with Crippen molar-refractivity contribution in [1.29, 1.82) is 0 Å². The molecule has 4 N–H and O–H groups in total. The van der Waals surface area contributed by atoms with Gasteiger partial charge in [-0.15, -0.1) is 11.3 Å². The van der Waals surface area contributed by atoms with Gasteiger partial charge in [0.15, 0.2) is 6.73 Å². The third kappa shape index (κ3) is 12.2. The SMILES string of the molecule is CCCC(=O)OCN(C(=O)C(NC(=O)C1CCCCN1C)C(C)CC)C(CC(COC(C)=O)c1nc(C(=O)NC2Cc3ccc(O)cc3C(C(=O)O)C2)cs1)C(C)C. The van der Waals surface area contributed by atoms with E-state index in [2.05, 4.69) is 15.6 Å². The number of hydrogen-bond acceptors (Lipinski definition) is 12. The molecular formula is C42H61N5O10S. The average Bonchev–Trinajstić information content (AvgIpc) is 3.67. The average molecular weight is 828 g/mol. The first-order valence-corrected chi connectivity index (χ1v) is 21.3. The van der Waals surface area contributed by atoms with E-state index in [1.807, 2.05) is 46.6 Å². The Morgan fingerprint density at radius 3 is 2.47 bits per heavy atom. The Morgan fingerprint density at radius 1 is 1.09 bits per heavy atom. The number of amides is 3. The molecule has 0 spiro atoms. The number of thiazole rings is 1. The molecule has 1 aliphatic heterocycles. The summed E-state index contributed by atoms with van der Waals surface area (Å²) in [5.74, 6) is -5.13. The predicted octanol–water partition coefficient (Wildman–Crippen LogP) is 4.97. The van der Waals surface area contributed by atoms with Gasteiger partial charge in [-0.3, -0.25) is 33.7 Å². The summed E-state index contributed by atoms with van der Waals surface area (Å²) in [7, 11) is 1.91. The molecule has 1 aromatic heterocycles. The summed E-state index contributed by atoms with van der Waals surface area (Å²) in [5, 5.41) is 28.0. The van der Waals surface area contributed by atoms with E-state index in [9.17, 15) is 39.0 Å². The standard InChI is InChI=1S/C42H61N5O10S/c1-8-12-36(50)57-23-47(41(53)37(25(5)9-2)45-39(52)34-13-10-11-16-46(34)7)35(24(3)4)18-28(21-56-26(6)48)40-44-33(22-58-40)38(51)43-29-17-27-14-15-30(49)20-31(27)32(19-29)42(54)55/h14-15,20,22,24-25,28-29,32,34-35,37,49H,8-13,16-19,21,23H2,1-7H3,(H,43,51)(H,45,52)(H,54,55). The number of hydrogen-bond donors (Lipinski definition) is 4. The monoisotopic (exact) mass is 827 g/mol. The summed E-state index contributed by atoms with van der Waals surface area (Å²) in [6.45, 7) is 11.2. The third-order valence-electron chi connectivity index (χ3n) is 11.4. The van der Waals surface area contributed by atoms with Crippen LogP contribution in [0.4, 0.5) is 0 Å². The van der Waals surface area contributed by atoms with Gasteiger partial charge in [-0.05, 0) is 87.2 Å². The molecule has 7 atom stereocenters. The normalized spacial score (nSPS) is 20.2. The van der Waals surface area contributed by atoms with Crippen LogP contribution in [0.15, 0.2) is 23.6 Å². The second kappa shape index (κ2) is 21.4. The number of aromatic hydroxyl groups is 1. The predicted molar refractivity (Wildman–Crippen MR) is 217 cm³/mol. The number of benzene rings is 1. The number of ether oxygens (including phenoxy) is 2. The molecule has 0 radical (unpaired) electrons. The lowest BCUT2D eigenvalue weighted by atomic mass is 9.80. The lowest BCUT2D eigenvalue weighted by Crippen LogP contribution is -2.59. The van der Waals surface area contributed by atoms with E-state index < -0.39 is 59.7 Å². The van der Waals surface area contributed by atoms with Gasteiger partial charge in [0.1, 0.15) is 29.1 Å². The number of nitrogens with one attached hydrogen (secondary N) is 2. The lowest BCUT2D eigenvalue weighted by molar-refractivity contribution is -0.159. The van der Waals surface area contributed by atoms with Crippen molar-refractivity contribution in [2.75, 3.05) is 26.9 Å². The van der Waals surface area contributed by atoms with Crippen molar-refractivity contribution in [3.8, 4) is 5.75 Å². The molecule has 1 aliphatic carbocycles. The summed E-state index contributed by atoms with van der Waals surface area (Å²) in [4.78, 5) is 87.3. The number of phenolic OH excluding ortho intramolecular Hbond substituents is 1. The Morgan fingerprint density at radius 2 is 1.83 bits per heavy atom. The third-order valence-corrected chi connectivity index (χ3v) is 12.4. The number of aliphatic carboxylic acids is 1. The van der Waals surface area contributed by atoms with Crippen molar-refractivity contribution >= 4 is 47.0 Å². The van der Waals surface area contributed by atoms with Crippen molar-refractivity contribution < 1.29 is 48.5 Å². The number of phenols is 1. The molecule has 7 unspecified atom stereocenters. The topological polar surface area (TPSA) is 205 Å². The molecule has 3 amide bonds. The van der Waals surface area contributed by atoms with Crippen LogP contribution in [0.3, 0.4) is 0 Å². The highest BCUT2D eigenvalue weighted by Crippen LogP contribution is 2.35. The van der Waals surface area contributed by atoms with Gasteiger partial charge < -0.3 is 35.2 Å². The molecule has 0 bridgehead atoms. The first kappa shape index (κ1) is 46.1. The number of rotatable bonds is 19. The largest absolute Gasteiger partial charge is 0.508 e. The van der Waals surface area contributed by atoms with E-state index in [0.717, 1.165) is 24.9 Å². The van der Waals surface area contributed by atoms with E-state index in [4.69, 9.17) is 9.47 Å². The number of fused-ring (bicyclic) bond motifs is 1. The van der Waals surface area contributed by atoms with E-state index in [-0.39, 0.29) is 67.8 Å². The summed E-state index contributed by atoms with van der Waals surface area (Å²) < 4.78 is 11.2. The van der Waals surface area contributed by atoms with Crippen LogP contribution in [-0.4, -0.2) is 112 Å². The molecule has 1 aromatic carbocycles. The molecule has 0 saturated carbocycles. The van der Waals surface area contributed by atoms with Crippen LogP contribution in [0.1, 0.15) is 131 Å². The fourth-order valence-corrected chi connectivity index (χ4v) is 8.70. The number of likely N-dealkylation sites (N-methyl/N-ethyl adjacent to an activating group) is 1. The van der Waals surface area contributed by atoms with Gasteiger partial charge in [0.2, 0.25) is 11.8 Å². The van der Waals surface area contributed by atoms with E-state index in [1.165, 1.54) is 35.3 Å². The number of carboxylic acids is 1. The fourth-order valence-electron chi connectivity index (χ4n) is 7.80. The Kier molecular flexibility index (Phi) is 17.0. The molecule has 1 saturated heterocycles. The minimum atomic E-state index is -1.06. The van der Waals surface area contributed by atoms with Gasteiger partial charge in [-0.1, -0.05) is 53.5 Å². The summed E-state index contributed by atoms with van der Waals surface area (Å²) in [5.41, 5.74) is 1.34. The van der Waals surface area contributed by atoms with Crippen molar-refractivity contribution in [2.24, 2.45) is 11.8 Å². The smallest absolute Gasteiger partial charge is 0.311 e. The zero-order valence-electron chi connectivity index (χ0n) is 34.8. The van der Waals surface area contributed by atoms with Gasteiger partial charge in [-0.25, -0.2) is 4.98 Å². The van der Waals surface area contributed by atoms with Crippen molar-refractivity contribution in [3.05, 3.63) is 45.4 Å². The molecule has 2 aliphatic rings. The van der Waals surface area contributed by atoms with E-state index in [1.54, 1.807) is 11.4 Å². The van der Waals surface area contributed by atoms with Crippen molar-refractivity contribution in [2.45, 2.75) is 135 Å². The lowest BCUT2D eigenvalue weighted by Gasteiger charge is -2.39. The number of aromatic nitrogens is 1. The Labute approximate surface area is 345 Å². The number of nitrogens with zero attached hydrogens (tertiary/aromatic N) is 3. The second-order valence-electron chi connectivity index (χ2n) is 16.1. The highest BCUT2D eigenvalue weighted by molar-refractivity contribution is 7.09. The number of carbonyl (C=O) groups is 6. The first-order chi connectivity index (χ1) is 27.5. The van der Waals surface area contributed by atoms with Crippen LogP contribution in [0.5, 0.6) is 5.75 Å². The Balaban J connectivity index is 1.62. The van der Waals surface area contributed by atoms with Crippen molar-refractivity contribution in [1.82, 2.24) is 25.4 Å². The number of carboxylic acid groups (broad SMARTS) is 1. The van der Waals surface area contributed by atoms with Gasteiger partial charge in [-0.2, -0.15) is 0 Å². The maximum Gasteiger partial charge on any atom is 0.311 e. The molecule has 1 fully saturated rings. The van der Waals surface area contributed by atoms with Crippen LogP contribution in [0.25, 0.3) is 0 Å². The van der Waals surface area contributed by atoms with E-state index in [0.29, 0.717) is 36.3 Å². The first-order valence-electron chi connectivity index (χ1n) is 20.4. The minimum Gasteiger partial charge on any atom is -0.508 e. The molecule has 2 heterocycles. The molecule has 15 nitrogen and oxygen atoms in total. The van der Waals surface area contributed by atoms with Gasteiger partial charge >= 0.3 is 17.9 Å². The number of carbonyl (C=O) groups excluding carboxylic acids is 5. The molecular weight excluding hydrogens is 767 g/mol. The van der Waals surface area contributed by atoms with Crippen LogP contribution in [-0.2, 0) is 39.9 Å². The minimum absolute atomic E-state index is 0.0275. The van der Waals surface area contributed by atoms with Crippen LogP contribution in [0.2, 0.25) is 0 Å². The van der Waals surface area contributed by atoms with Crippen LogP contribution >= 0.6 is 11.3 Å². The van der Waals surface area contributed by atoms with Gasteiger partial charge in [0.05, 0.1) is 12.0 Å². The number of esters is 2. The maximum absolute atomic E-state index is 14.8. The maximum atomic E-state index is 14.8. The molecule has 16 heteroatoms. The Hall–Kier alpha value is -4.57. The van der Waals surface area contributed by atoms with Crippen LogP contribution in [0, 0.1) is 11.8 Å². The highest BCUT2D eigenvalue weighted by atomic mass is 32.1. The van der Waals surface area contributed by atoms with Gasteiger partial charge in [0.25, 0.3) is 5.91 Å². The Bertz CT molecular complexity index is 1770. The molecule has 58 heavy (non-hydrogen) atoms. The van der Waals surface area contributed by atoms with Gasteiger partial charge in [0, 0.05) is 36.7 Å². The van der Waals surface area contributed by atoms with E-state index >= 15 is 0 Å². The molecule has 4 rings (SSSR count). The summed E-state index contributed by atoms with van der Waals surface area (Å²) in [6.07, 6.45) is 4.63. The number of likely N-dealkylation sites (tertiary alicyclic amines) is 1. The number of piperidine rings is 1. The fraction of sp³-hybridized carbons (Fsp3) is 0.643. The molecule has 2 aromatic rings.